The van der Waals surface area contributed by atoms with E-state index in [9.17, 15) is 13.6 Å². The van der Waals surface area contributed by atoms with E-state index in [4.69, 9.17) is 5.73 Å². The minimum Gasteiger partial charge on any atom is -0.397 e. The smallest absolute Gasteiger partial charge is 0.211 e. The molecule has 2 N–H and O–H groups in total. The van der Waals surface area contributed by atoms with Crippen LogP contribution in [0.15, 0.2) is 36.5 Å². The third-order valence-electron chi connectivity index (χ3n) is 2.14. The largest absolute Gasteiger partial charge is 0.397 e. The fourth-order valence-electron chi connectivity index (χ4n) is 1.37. The molecular weight excluding hydrogens is 226 g/mol. The number of pyridine rings is 1. The van der Waals surface area contributed by atoms with Gasteiger partial charge in [-0.15, -0.1) is 0 Å². The Balaban J connectivity index is 2.40. The van der Waals surface area contributed by atoms with Crippen LogP contribution in [0, 0.1) is 11.6 Å². The van der Waals surface area contributed by atoms with Crippen LogP contribution in [-0.2, 0) is 0 Å². The molecule has 0 unspecified atom stereocenters. The maximum atomic E-state index is 12.9. The molecule has 0 saturated heterocycles. The average molecular weight is 234 g/mol. The summed E-state index contributed by atoms with van der Waals surface area (Å²) in [5, 5.41) is 0. The fraction of sp³-hybridized carbons (Fsp3) is 0. The lowest BCUT2D eigenvalue weighted by atomic mass is 10.1. The van der Waals surface area contributed by atoms with Gasteiger partial charge < -0.3 is 5.73 Å². The van der Waals surface area contributed by atoms with Crippen molar-refractivity contribution in [2.24, 2.45) is 0 Å². The Hall–Kier alpha value is -2.30. The number of halogens is 2. The number of nitrogen functional groups attached to an aromatic ring is 1. The predicted octanol–water partition coefficient (Wildman–Crippen LogP) is 2.17. The number of ketones is 1. The highest BCUT2D eigenvalue weighted by molar-refractivity contribution is 6.07. The van der Waals surface area contributed by atoms with E-state index < -0.39 is 17.4 Å². The molecule has 2 aromatic rings. The van der Waals surface area contributed by atoms with E-state index in [1.54, 1.807) is 0 Å². The van der Waals surface area contributed by atoms with Gasteiger partial charge >= 0.3 is 0 Å². The van der Waals surface area contributed by atoms with Crippen molar-refractivity contribution in [2.45, 2.75) is 0 Å². The first-order valence-corrected chi connectivity index (χ1v) is 4.78. The fourth-order valence-corrected chi connectivity index (χ4v) is 1.37. The van der Waals surface area contributed by atoms with Crippen LogP contribution in [-0.4, -0.2) is 10.8 Å². The highest BCUT2D eigenvalue weighted by Crippen LogP contribution is 2.12. The van der Waals surface area contributed by atoms with Gasteiger partial charge in [0.15, 0.2) is 0 Å². The molecule has 1 heterocycles. The van der Waals surface area contributed by atoms with Crippen LogP contribution in [0.2, 0.25) is 0 Å². The Morgan fingerprint density at radius 3 is 2.29 bits per heavy atom. The molecule has 5 heteroatoms. The van der Waals surface area contributed by atoms with Crippen LogP contribution in [0.4, 0.5) is 14.5 Å². The minimum absolute atomic E-state index is 0.0835. The summed E-state index contributed by atoms with van der Waals surface area (Å²) in [5.41, 5.74) is 5.83. The van der Waals surface area contributed by atoms with Crippen molar-refractivity contribution in [1.82, 2.24) is 4.98 Å². The molecule has 0 spiro atoms. The van der Waals surface area contributed by atoms with Crippen LogP contribution in [0.1, 0.15) is 16.1 Å². The lowest BCUT2D eigenvalue weighted by molar-refractivity contribution is 0.103. The number of anilines is 1. The Kier molecular flexibility index (Phi) is 2.82. The monoisotopic (exact) mass is 234 g/mol. The van der Waals surface area contributed by atoms with Gasteiger partial charge in [-0.3, -0.25) is 9.78 Å². The van der Waals surface area contributed by atoms with E-state index in [1.165, 1.54) is 18.3 Å². The summed E-state index contributed by atoms with van der Waals surface area (Å²) in [5.74, 6) is -2.16. The number of hydrogen-bond donors (Lipinski definition) is 1. The number of benzene rings is 1. The van der Waals surface area contributed by atoms with Gasteiger partial charge in [-0.1, -0.05) is 0 Å². The zero-order valence-corrected chi connectivity index (χ0v) is 8.65. The van der Waals surface area contributed by atoms with E-state index in [-0.39, 0.29) is 11.3 Å². The lowest BCUT2D eigenvalue weighted by Gasteiger charge is -2.01. The van der Waals surface area contributed by atoms with Crippen LogP contribution >= 0.6 is 0 Å². The second-order valence-corrected chi connectivity index (χ2v) is 3.46. The highest BCUT2D eigenvalue weighted by Gasteiger charge is 2.12. The summed E-state index contributed by atoms with van der Waals surface area (Å²) in [6, 6.07) is 5.52. The van der Waals surface area contributed by atoms with Crippen LogP contribution in [0.3, 0.4) is 0 Å². The first-order chi connectivity index (χ1) is 8.06. The molecule has 17 heavy (non-hydrogen) atoms. The summed E-state index contributed by atoms with van der Waals surface area (Å²) < 4.78 is 25.9. The molecular formula is C12H8F2N2O. The van der Waals surface area contributed by atoms with Gasteiger partial charge in [0.1, 0.15) is 17.3 Å². The molecule has 1 aromatic carbocycles. The number of nitrogens with zero attached hydrogens (tertiary/aromatic N) is 1. The van der Waals surface area contributed by atoms with Gasteiger partial charge in [0.25, 0.3) is 0 Å². The van der Waals surface area contributed by atoms with Crippen molar-refractivity contribution < 1.29 is 13.6 Å². The normalized spacial score (nSPS) is 10.2. The zero-order valence-electron chi connectivity index (χ0n) is 8.65. The van der Waals surface area contributed by atoms with Gasteiger partial charge in [-0.05, 0) is 24.3 Å². The summed E-state index contributed by atoms with van der Waals surface area (Å²) in [6.45, 7) is 0. The zero-order chi connectivity index (χ0) is 12.4. The quantitative estimate of drug-likeness (QED) is 0.810. The van der Waals surface area contributed by atoms with E-state index in [1.807, 2.05) is 0 Å². The van der Waals surface area contributed by atoms with Crippen molar-refractivity contribution in [1.29, 1.82) is 0 Å². The van der Waals surface area contributed by atoms with Crippen LogP contribution < -0.4 is 5.73 Å². The van der Waals surface area contributed by atoms with Crippen molar-refractivity contribution >= 4 is 11.5 Å². The van der Waals surface area contributed by atoms with Crippen LogP contribution in [0.5, 0.6) is 0 Å². The SMILES string of the molecule is Nc1ccc(C(=O)c2cc(F)cc(F)c2)nc1. The molecule has 2 rings (SSSR count). The van der Waals surface area contributed by atoms with Crippen molar-refractivity contribution in [3.05, 3.63) is 59.4 Å². The summed E-state index contributed by atoms with van der Waals surface area (Å²) in [7, 11) is 0. The number of nitrogens with two attached hydrogens (primary N) is 1. The molecule has 0 aliphatic rings. The lowest BCUT2D eigenvalue weighted by Crippen LogP contribution is -2.05. The second kappa shape index (κ2) is 4.29. The molecule has 0 fully saturated rings. The number of carbonyl (C=O) groups is 1. The summed E-state index contributed by atoms with van der Waals surface area (Å²) in [4.78, 5) is 15.6. The molecule has 0 aliphatic carbocycles. The van der Waals surface area contributed by atoms with E-state index in [2.05, 4.69) is 4.98 Å². The molecule has 0 radical (unpaired) electrons. The standard InChI is InChI=1S/C12H8F2N2O/c13-8-3-7(4-9(14)5-8)12(17)11-2-1-10(15)6-16-11/h1-6H,15H2. The van der Waals surface area contributed by atoms with Crippen molar-refractivity contribution in [3.63, 3.8) is 0 Å². The topological polar surface area (TPSA) is 56.0 Å². The first kappa shape index (κ1) is 11.2. The molecule has 0 bridgehead atoms. The van der Waals surface area contributed by atoms with E-state index in [0.717, 1.165) is 12.1 Å². The van der Waals surface area contributed by atoms with Crippen molar-refractivity contribution in [3.8, 4) is 0 Å². The van der Waals surface area contributed by atoms with E-state index in [0.29, 0.717) is 11.8 Å². The Morgan fingerprint density at radius 1 is 1.12 bits per heavy atom. The van der Waals surface area contributed by atoms with Gasteiger partial charge in [0.05, 0.1) is 11.9 Å². The Bertz CT molecular complexity index is 547. The molecule has 0 aliphatic heterocycles. The first-order valence-electron chi connectivity index (χ1n) is 4.78. The average Bonchev–Trinajstić information content (AvgIpc) is 2.28. The number of aromatic nitrogens is 1. The summed E-state index contributed by atoms with van der Waals surface area (Å²) >= 11 is 0. The second-order valence-electron chi connectivity index (χ2n) is 3.46. The van der Waals surface area contributed by atoms with E-state index >= 15 is 0 Å². The molecule has 0 saturated carbocycles. The molecule has 86 valence electrons. The maximum absolute atomic E-state index is 12.9. The Labute approximate surface area is 95.9 Å². The minimum atomic E-state index is -0.802. The molecule has 0 amide bonds. The van der Waals surface area contributed by atoms with Gasteiger partial charge in [-0.25, -0.2) is 8.78 Å². The number of hydrogen-bond acceptors (Lipinski definition) is 3. The Morgan fingerprint density at radius 2 is 1.76 bits per heavy atom. The third-order valence-corrected chi connectivity index (χ3v) is 2.14. The molecule has 1 aromatic heterocycles. The van der Waals surface area contributed by atoms with Gasteiger partial charge in [0.2, 0.25) is 5.78 Å². The summed E-state index contributed by atoms with van der Waals surface area (Å²) in [6.07, 6.45) is 1.31. The van der Waals surface area contributed by atoms with Crippen LogP contribution in [0.25, 0.3) is 0 Å². The highest BCUT2D eigenvalue weighted by atomic mass is 19.1. The molecule has 0 atom stereocenters. The maximum Gasteiger partial charge on any atom is 0.211 e. The number of carbonyl (C=O) groups excluding carboxylic acids is 1. The van der Waals surface area contributed by atoms with Gasteiger partial charge in [0, 0.05) is 11.6 Å². The predicted molar refractivity (Wildman–Crippen MR) is 58.4 cm³/mol. The molecule has 3 nitrogen and oxygen atoms in total. The number of rotatable bonds is 2. The van der Waals surface area contributed by atoms with Gasteiger partial charge in [-0.2, -0.15) is 0 Å². The van der Waals surface area contributed by atoms with Crippen molar-refractivity contribution in [2.75, 3.05) is 5.73 Å². The third kappa shape index (κ3) is 2.44.